The van der Waals surface area contributed by atoms with Gasteiger partial charge in [-0.05, 0) is 19.8 Å². The largest absolute Gasteiger partial charge is 0.415 e. The molecule has 1 atom stereocenters. The third kappa shape index (κ3) is 2.91. The Morgan fingerprint density at radius 3 is 2.12 bits per heavy atom. The van der Waals surface area contributed by atoms with E-state index in [1.807, 2.05) is 0 Å². The van der Waals surface area contributed by atoms with Gasteiger partial charge in [0.15, 0.2) is 5.54 Å². The van der Waals surface area contributed by atoms with Crippen molar-refractivity contribution in [3.8, 4) is 0 Å². The molecule has 0 aromatic rings. The number of hydrogen-bond acceptors (Lipinski definition) is 2. The molecule has 1 rings (SSSR count). The highest BCUT2D eigenvalue weighted by Gasteiger charge is 2.55. The Bertz CT molecular complexity index is 283. The highest BCUT2D eigenvalue weighted by atomic mass is 19.4. The van der Waals surface area contributed by atoms with Gasteiger partial charge in [0.1, 0.15) is 0 Å². The maximum atomic E-state index is 12.6. The summed E-state index contributed by atoms with van der Waals surface area (Å²) in [6, 6.07) is -0.110. The number of carbonyl (C=O) groups excluding carboxylic acids is 1. The van der Waals surface area contributed by atoms with E-state index in [1.54, 1.807) is 0 Å². The van der Waals surface area contributed by atoms with E-state index in [4.69, 9.17) is 5.73 Å². The van der Waals surface area contributed by atoms with Crippen LogP contribution in [0.15, 0.2) is 0 Å². The maximum absolute atomic E-state index is 12.6. The molecular weight excluding hydrogens is 233 g/mol. The molecule has 100 valence electrons. The molecule has 1 amide bonds. The molecular formula is C11H19F3N2O. The molecule has 1 saturated carbocycles. The summed E-state index contributed by atoms with van der Waals surface area (Å²) in [6.45, 7) is 0.731. The topological polar surface area (TPSA) is 46.3 Å². The molecule has 0 spiro atoms. The van der Waals surface area contributed by atoms with Crippen LogP contribution in [0.5, 0.6) is 0 Å². The molecule has 0 bridgehead atoms. The highest BCUT2D eigenvalue weighted by Crippen LogP contribution is 2.31. The van der Waals surface area contributed by atoms with Crippen molar-refractivity contribution in [2.75, 3.05) is 7.05 Å². The van der Waals surface area contributed by atoms with E-state index in [1.165, 1.54) is 11.9 Å². The minimum atomic E-state index is -4.72. The van der Waals surface area contributed by atoms with E-state index in [9.17, 15) is 18.0 Å². The van der Waals surface area contributed by atoms with Crippen LogP contribution in [0, 0.1) is 0 Å². The molecule has 0 aromatic heterocycles. The molecule has 2 N–H and O–H groups in total. The monoisotopic (exact) mass is 252 g/mol. The zero-order valence-corrected chi connectivity index (χ0v) is 10.2. The summed E-state index contributed by atoms with van der Waals surface area (Å²) in [4.78, 5) is 13.0. The zero-order valence-electron chi connectivity index (χ0n) is 10.2. The summed E-state index contributed by atoms with van der Waals surface area (Å²) in [5.41, 5.74) is 2.34. The summed E-state index contributed by atoms with van der Waals surface area (Å²) >= 11 is 0. The first-order valence-corrected chi connectivity index (χ1v) is 5.81. The fourth-order valence-corrected chi connectivity index (χ4v) is 2.12. The summed E-state index contributed by atoms with van der Waals surface area (Å²) in [7, 11) is 1.41. The van der Waals surface area contributed by atoms with Gasteiger partial charge in [0.2, 0.25) is 0 Å². The third-order valence-corrected chi connectivity index (χ3v) is 3.48. The minimum absolute atomic E-state index is 0.110. The van der Waals surface area contributed by atoms with Gasteiger partial charge in [-0.3, -0.25) is 4.79 Å². The van der Waals surface area contributed by atoms with E-state index >= 15 is 0 Å². The van der Waals surface area contributed by atoms with Crippen molar-refractivity contribution >= 4 is 5.91 Å². The first-order valence-electron chi connectivity index (χ1n) is 5.81. The molecule has 0 heterocycles. The number of amides is 1. The van der Waals surface area contributed by atoms with E-state index in [0.717, 1.165) is 39.0 Å². The zero-order chi connectivity index (χ0) is 13.3. The number of rotatable bonds is 2. The lowest BCUT2D eigenvalue weighted by molar-refractivity contribution is -0.194. The first kappa shape index (κ1) is 14.3. The second-order valence-electron chi connectivity index (χ2n) is 4.91. The number of carbonyl (C=O) groups is 1. The summed E-state index contributed by atoms with van der Waals surface area (Å²) < 4.78 is 37.9. The molecule has 0 saturated heterocycles. The second kappa shape index (κ2) is 4.84. The van der Waals surface area contributed by atoms with Crippen molar-refractivity contribution in [2.24, 2.45) is 5.73 Å². The fraction of sp³-hybridized carbons (Fsp3) is 0.909. The van der Waals surface area contributed by atoms with Gasteiger partial charge in [-0.1, -0.05) is 19.3 Å². The Labute approximate surface area is 99.1 Å². The lowest BCUT2D eigenvalue weighted by Gasteiger charge is -2.37. The van der Waals surface area contributed by atoms with Crippen molar-refractivity contribution in [3.05, 3.63) is 0 Å². The van der Waals surface area contributed by atoms with Gasteiger partial charge >= 0.3 is 6.18 Å². The Morgan fingerprint density at radius 1 is 1.24 bits per heavy atom. The van der Waals surface area contributed by atoms with E-state index in [-0.39, 0.29) is 6.04 Å². The Kier molecular flexibility index (Phi) is 4.06. The molecule has 0 radical (unpaired) electrons. The van der Waals surface area contributed by atoms with Crippen molar-refractivity contribution < 1.29 is 18.0 Å². The predicted octanol–water partition coefficient (Wildman–Crippen LogP) is 2.06. The predicted molar refractivity (Wildman–Crippen MR) is 58.3 cm³/mol. The minimum Gasteiger partial charge on any atom is -0.341 e. The van der Waals surface area contributed by atoms with E-state index in [2.05, 4.69) is 0 Å². The Morgan fingerprint density at radius 2 is 1.71 bits per heavy atom. The van der Waals surface area contributed by atoms with Gasteiger partial charge in [0, 0.05) is 13.1 Å². The molecule has 1 aliphatic rings. The lowest BCUT2D eigenvalue weighted by atomic mass is 9.92. The van der Waals surface area contributed by atoms with Gasteiger partial charge in [-0.15, -0.1) is 0 Å². The Balaban J connectivity index is 2.74. The first-order chi connectivity index (χ1) is 7.68. The van der Waals surface area contributed by atoms with Crippen LogP contribution in [0.4, 0.5) is 13.2 Å². The van der Waals surface area contributed by atoms with Crippen LogP contribution in [0.1, 0.15) is 39.0 Å². The standard InChI is InChI=1S/C11H19F3N2O/c1-10(15,11(12,13)14)9(17)16(2)8-6-4-3-5-7-8/h8H,3-7,15H2,1-2H3. The number of nitrogens with two attached hydrogens (primary N) is 1. The number of likely N-dealkylation sites (N-methyl/N-ethyl adjacent to an activating group) is 1. The van der Waals surface area contributed by atoms with E-state index < -0.39 is 17.6 Å². The van der Waals surface area contributed by atoms with Crippen LogP contribution in [0.3, 0.4) is 0 Å². The van der Waals surface area contributed by atoms with Crippen LogP contribution in [0.25, 0.3) is 0 Å². The molecule has 0 aliphatic heterocycles. The fourth-order valence-electron chi connectivity index (χ4n) is 2.12. The van der Waals surface area contributed by atoms with Crippen LogP contribution < -0.4 is 5.73 Å². The molecule has 1 aliphatic carbocycles. The normalized spacial score (nSPS) is 22.0. The summed E-state index contributed by atoms with van der Waals surface area (Å²) in [5, 5.41) is 0. The van der Waals surface area contributed by atoms with Gasteiger partial charge in [0.25, 0.3) is 5.91 Å². The summed E-state index contributed by atoms with van der Waals surface area (Å²) in [5.74, 6) is -1.04. The van der Waals surface area contributed by atoms with Crippen LogP contribution in [-0.4, -0.2) is 35.6 Å². The van der Waals surface area contributed by atoms with Crippen molar-refractivity contribution in [3.63, 3.8) is 0 Å². The molecule has 1 unspecified atom stereocenters. The van der Waals surface area contributed by atoms with Crippen LogP contribution >= 0.6 is 0 Å². The van der Waals surface area contributed by atoms with Crippen LogP contribution in [-0.2, 0) is 4.79 Å². The molecule has 6 heteroatoms. The molecule has 17 heavy (non-hydrogen) atoms. The number of halogens is 3. The van der Waals surface area contributed by atoms with Crippen molar-refractivity contribution in [2.45, 2.75) is 56.8 Å². The second-order valence-corrected chi connectivity index (χ2v) is 4.91. The van der Waals surface area contributed by atoms with Gasteiger partial charge in [-0.2, -0.15) is 13.2 Å². The van der Waals surface area contributed by atoms with Gasteiger partial charge < -0.3 is 10.6 Å². The highest BCUT2D eigenvalue weighted by molar-refractivity contribution is 5.86. The van der Waals surface area contributed by atoms with Crippen molar-refractivity contribution in [1.29, 1.82) is 0 Å². The quantitative estimate of drug-likeness (QED) is 0.817. The Hall–Kier alpha value is -0.780. The number of nitrogens with zero attached hydrogens (tertiary/aromatic N) is 1. The lowest BCUT2D eigenvalue weighted by Crippen LogP contribution is -2.63. The van der Waals surface area contributed by atoms with Crippen LogP contribution in [0.2, 0.25) is 0 Å². The van der Waals surface area contributed by atoms with Gasteiger partial charge in [0.05, 0.1) is 0 Å². The molecule has 0 aromatic carbocycles. The molecule has 3 nitrogen and oxygen atoms in total. The summed E-state index contributed by atoms with van der Waals surface area (Å²) in [6.07, 6.45) is -0.206. The SMILES string of the molecule is CN(C(=O)C(C)(N)C(F)(F)F)C1CCCCC1. The average Bonchev–Trinajstić information content (AvgIpc) is 2.26. The number of hydrogen-bond donors (Lipinski definition) is 1. The molecule has 1 fully saturated rings. The maximum Gasteiger partial charge on any atom is 0.415 e. The smallest absolute Gasteiger partial charge is 0.341 e. The van der Waals surface area contributed by atoms with E-state index in [0.29, 0.717) is 0 Å². The van der Waals surface area contributed by atoms with Crippen molar-refractivity contribution in [1.82, 2.24) is 4.90 Å². The third-order valence-electron chi connectivity index (χ3n) is 3.48. The van der Waals surface area contributed by atoms with Gasteiger partial charge in [-0.25, -0.2) is 0 Å². The average molecular weight is 252 g/mol. The number of alkyl halides is 3.